The monoisotopic (exact) mass is 2080 g/mol. The summed E-state index contributed by atoms with van der Waals surface area (Å²) in [5, 5.41) is 20.4. The molecule has 10 aromatic rings. The van der Waals surface area contributed by atoms with Gasteiger partial charge in [0.1, 0.15) is 95.2 Å². The van der Waals surface area contributed by atoms with Gasteiger partial charge in [0, 0.05) is 87.3 Å². The Kier molecular flexibility index (Phi) is 36.8. The molecule has 51 heteroatoms. The van der Waals surface area contributed by atoms with Crippen LogP contribution in [0.25, 0.3) is 45.0 Å². The van der Waals surface area contributed by atoms with Crippen molar-refractivity contribution in [1.82, 2.24) is 95.2 Å². The zero-order chi connectivity index (χ0) is 106. The number of nitrogens with one attached hydrogen (secondary N) is 4. The van der Waals surface area contributed by atoms with Gasteiger partial charge in [0.15, 0.2) is 0 Å². The van der Waals surface area contributed by atoms with Crippen LogP contribution in [0.1, 0.15) is 174 Å². The van der Waals surface area contributed by atoms with Gasteiger partial charge in [0.05, 0.1) is 87.6 Å². The van der Waals surface area contributed by atoms with E-state index in [-0.39, 0.29) is 78.8 Å². The fourth-order valence-electron chi connectivity index (χ4n) is 14.5. The maximum Gasteiger partial charge on any atom is 0.433 e. The molecule has 770 valence electrons. The lowest BCUT2D eigenvalue weighted by molar-refractivity contribution is -0.142. The molecule has 0 unspecified atom stereocenters. The first-order valence-electron chi connectivity index (χ1n) is 43.4. The maximum atomic E-state index is 13.4. The molecule has 8 aromatic heterocycles. The van der Waals surface area contributed by atoms with Gasteiger partial charge in [-0.25, -0.2) is 84.3 Å². The molecular formula is C92H100ClF15N20O13S2. The molecule has 5 atom stereocenters. The van der Waals surface area contributed by atoms with E-state index >= 15 is 0 Å². The van der Waals surface area contributed by atoms with Crippen LogP contribution in [0.5, 0.6) is 0 Å². The summed E-state index contributed by atoms with van der Waals surface area (Å²) in [7, 11) is -2.86. The molecule has 4 aliphatic rings. The molecule has 4 aliphatic heterocycles. The molecule has 4 fully saturated rings. The molecule has 14 rings (SSSR count). The van der Waals surface area contributed by atoms with Gasteiger partial charge in [-0.2, -0.15) is 57.0 Å². The summed E-state index contributed by atoms with van der Waals surface area (Å²) in [6, 6.07) is 20.6. The van der Waals surface area contributed by atoms with Gasteiger partial charge < -0.3 is 41.6 Å². The minimum atomic E-state index is -4.56. The Balaban J connectivity index is 0.000000199. The highest BCUT2D eigenvalue weighted by Gasteiger charge is 2.52. The SMILES string of the molecule is CC(C)(C)OC(=O)N1C[C@H](F)C[C@H]1C(=O)O.CC(C)(C)OC(=O)N1[C@H](C(=O)NCc2cc(-c3ccc(C(F)(F)F)nc3)ncn2)CCC1(C)C.CC1(C)CC[C@@H](C(=O)NCc2cc(-c3ccc(C(F)(F)F)nc3)ncn2)N1.CC1(C)CC[C@@H](C(=O)NCc2cc(-c3ccc(C(F)(F)F)nc3)ncn2)N1S(=O)(=O)c1ccc(F)cc1.NCc1cc(-c2ccc(C(F)(F)F)nc2)ncn1.O=S(=O)(Cl)c1ccc(F)cc1. The van der Waals surface area contributed by atoms with Gasteiger partial charge in [0.25, 0.3) is 9.05 Å². The summed E-state index contributed by atoms with van der Waals surface area (Å²) < 4.78 is 250. The molecular weight excluding hydrogens is 1980 g/mol. The highest BCUT2D eigenvalue weighted by molar-refractivity contribution is 8.13. The number of carbonyl (C=O) groups is 6. The predicted octanol–water partition coefficient (Wildman–Crippen LogP) is 16.2. The zero-order valence-electron chi connectivity index (χ0n) is 78.5. The number of halogens is 16. The van der Waals surface area contributed by atoms with Crippen molar-refractivity contribution >= 4 is 65.6 Å². The highest BCUT2D eigenvalue weighted by atomic mass is 35.7. The number of aliphatic carboxylic acids is 1. The van der Waals surface area contributed by atoms with Crippen molar-refractivity contribution in [2.75, 3.05) is 6.54 Å². The molecule has 0 bridgehead atoms. The number of pyridine rings is 4. The Morgan fingerprint density at radius 1 is 0.455 bits per heavy atom. The normalized spacial score (nSPS) is 17.8. The standard InChI is InChI=1S/C24H23F4N5O3S.C23H28F3N5O3.C18H20F3N5O.C11H9F3N4.C10H16FNO4.C6H4ClFO2S/c1-23(2)10-9-20(33(23)37(35,36)18-6-4-16(25)5-7-18)22(34)30-13-17-11-19(32-14-31-17)15-3-8-21(29-12-15)24(26,27)28;1-21(2,3)34-20(33)31-17(8-9-22(31,4)5)19(32)28-12-15-10-16(30-13-29-15)14-6-7-18(27-11-14)23(24,25)26;1-17(2)6-5-13(26-17)16(27)23-9-12-7-14(25-10-24-12)11-3-4-15(22-8-11)18(19,20)21;12-11(13,14)10-2-1-7(5-16-10)9-3-8(4-15)17-6-18-9;1-10(2,3)16-9(15)12-5-6(11)4-7(12)8(13)14;7-11(9,10)6-3-1-5(8)2-4-6/h3-8,11-12,14,20H,9-10,13H2,1-2H3,(H,30,34);6-7,10-11,13,17H,8-9,12H2,1-5H3,(H,28,32);3-4,7-8,10,13,26H,5-6,9H2,1-2H3,(H,23,27);1-3,5-6H,4,15H2;6-7H,4-5H2,1-3H3,(H,13,14);1-4H/t20-;17-;13-;;6-,7+;/m000.1./s1. The van der Waals surface area contributed by atoms with Crippen molar-refractivity contribution in [3.8, 4) is 45.0 Å². The maximum absolute atomic E-state index is 13.4. The molecule has 5 amide bonds. The third-order valence-electron chi connectivity index (χ3n) is 21.5. The number of ether oxygens (including phenoxy) is 2. The molecule has 33 nitrogen and oxygen atoms in total. The largest absolute Gasteiger partial charge is 0.480 e. The lowest BCUT2D eigenvalue weighted by Gasteiger charge is -2.36. The number of hydrogen-bond donors (Lipinski definition) is 6. The minimum absolute atomic E-state index is 0.0559. The van der Waals surface area contributed by atoms with Crippen LogP contribution in [0.15, 0.2) is 181 Å². The summed E-state index contributed by atoms with van der Waals surface area (Å²) in [4.78, 5) is 122. The van der Waals surface area contributed by atoms with Gasteiger partial charge in [-0.15, -0.1) is 0 Å². The van der Waals surface area contributed by atoms with E-state index in [1.165, 1.54) is 60.5 Å². The van der Waals surface area contributed by atoms with Gasteiger partial charge in [-0.1, -0.05) is 0 Å². The second-order valence-corrected chi connectivity index (χ2v) is 40.7. The average Bonchev–Trinajstić information content (AvgIpc) is 1.60. The van der Waals surface area contributed by atoms with E-state index in [1.807, 2.05) is 13.8 Å². The molecule has 2 aromatic carbocycles. The Labute approximate surface area is 815 Å². The quantitative estimate of drug-likeness (QED) is 0.0343. The smallest absolute Gasteiger partial charge is 0.433 e. The third-order valence-corrected chi connectivity index (χ3v) is 25.0. The first-order chi connectivity index (χ1) is 66.3. The van der Waals surface area contributed by atoms with E-state index < -0.39 is 149 Å². The average molecular weight is 2080 g/mol. The number of alkyl halides is 13. The Hall–Kier alpha value is -13.2. The van der Waals surface area contributed by atoms with Crippen LogP contribution in [-0.2, 0) is 98.6 Å². The molecule has 0 aliphatic carbocycles. The number of likely N-dealkylation sites (tertiary alicyclic amines) is 2. The van der Waals surface area contributed by atoms with Crippen LogP contribution >= 0.6 is 10.7 Å². The van der Waals surface area contributed by atoms with Gasteiger partial charge >= 0.3 is 42.9 Å². The summed E-state index contributed by atoms with van der Waals surface area (Å²) in [5.74, 6) is -3.25. The van der Waals surface area contributed by atoms with Crippen molar-refractivity contribution in [1.29, 1.82) is 0 Å². The number of carboxylic acids is 1. The molecule has 0 spiro atoms. The number of benzene rings is 2. The van der Waals surface area contributed by atoms with E-state index in [0.717, 1.165) is 120 Å². The van der Waals surface area contributed by atoms with E-state index in [2.05, 4.69) is 94.9 Å². The number of nitrogens with two attached hydrogens (primary N) is 1. The van der Waals surface area contributed by atoms with E-state index in [0.29, 0.717) is 87.1 Å². The molecule has 4 saturated heterocycles. The van der Waals surface area contributed by atoms with Crippen molar-refractivity contribution in [3.05, 3.63) is 229 Å². The summed E-state index contributed by atoms with van der Waals surface area (Å²) in [6.45, 7) is 21.8. The number of aromatic nitrogens is 12. The van der Waals surface area contributed by atoms with Crippen molar-refractivity contribution in [2.24, 2.45) is 5.73 Å². The van der Waals surface area contributed by atoms with Crippen LogP contribution in [0.4, 0.5) is 75.4 Å². The lowest BCUT2D eigenvalue weighted by atomic mass is 10.0. The van der Waals surface area contributed by atoms with E-state index in [4.69, 9.17) is 31.0 Å². The molecule has 7 N–H and O–H groups in total. The fourth-order valence-corrected chi connectivity index (χ4v) is 17.3. The number of amides is 5. The van der Waals surface area contributed by atoms with Crippen LogP contribution in [0.2, 0.25) is 0 Å². The molecule has 0 saturated carbocycles. The van der Waals surface area contributed by atoms with Crippen molar-refractivity contribution in [2.45, 2.75) is 247 Å². The second-order valence-electron chi connectivity index (χ2n) is 36.3. The second kappa shape index (κ2) is 46.5. The zero-order valence-corrected chi connectivity index (χ0v) is 80.9. The van der Waals surface area contributed by atoms with E-state index in [1.54, 1.807) is 73.6 Å². The van der Waals surface area contributed by atoms with Gasteiger partial charge in [-0.3, -0.25) is 44.1 Å². The first-order valence-corrected chi connectivity index (χ1v) is 47.1. The van der Waals surface area contributed by atoms with Crippen molar-refractivity contribution < 1.29 is 126 Å². The van der Waals surface area contributed by atoms with Crippen molar-refractivity contribution in [3.63, 3.8) is 0 Å². The highest BCUT2D eigenvalue weighted by Crippen LogP contribution is 2.41. The van der Waals surface area contributed by atoms with Crippen LogP contribution < -0.4 is 27.0 Å². The van der Waals surface area contributed by atoms with Gasteiger partial charge in [-0.05, 0) is 243 Å². The summed E-state index contributed by atoms with van der Waals surface area (Å²) >= 11 is 0. The Bertz CT molecular complexity index is 6320. The number of carboxylic acid groups (broad SMARTS) is 1. The van der Waals surface area contributed by atoms with Crippen LogP contribution in [0, 0.1) is 11.6 Å². The summed E-state index contributed by atoms with van der Waals surface area (Å²) in [5.41, 5.74) is 3.91. The predicted molar refractivity (Wildman–Crippen MR) is 486 cm³/mol. The van der Waals surface area contributed by atoms with E-state index in [9.17, 15) is 111 Å². The van der Waals surface area contributed by atoms with Crippen LogP contribution in [-0.4, -0.2) is 196 Å². The minimum Gasteiger partial charge on any atom is -0.480 e. The number of carbonyl (C=O) groups excluding carboxylic acids is 5. The molecule has 0 radical (unpaired) electrons. The summed E-state index contributed by atoms with van der Waals surface area (Å²) in [6.07, 6.45) is -7.78. The number of nitrogens with zero attached hydrogens (tertiary/aromatic N) is 15. The number of hydrogen-bond acceptors (Lipinski definition) is 26. The topological polar surface area (TPSA) is 448 Å². The molecule has 12 heterocycles. The number of rotatable bonds is 18. The number of sulfonamides is 1. The first kappa shape index (κ1) is 113. The third kappa shape index (κ3) is 32.9. The lowest BCUT2D eigenvalue weighted by Crippen LogP contribution is -2.53. The Morgan fingerprint density at radius 2 is 0.797 bits per heavy atom. The van der Waals surface area contributed by atoms with Crippen LogP contribution in [0.3, 0.4) is 0 Å². The van der Waals surface area contributed by atoms with Gasteiger partial charge in [0.2, 0.25) is 27.7 Å². The Morgan fingerprint density at radius 3 is 1.13 bits per heavy atom. The molecule has 143 heavy (non-hydrogen) atoms. The fraction of sp³-hybridized carbons (Fsp3) is 0.413.